The summed E-state index contributed by atoms with van der Waals surface area (Å²) in [6.45, 7) is 3.80. The molecule has 0 saturated carbocycles. The number of fused-ring (bicyclic) bond motifs is 1. The fourth-order valence-corrected chi connectivity index (χ4v) is 4.35. The smallest absolute Gasteiger partial charge is 0.237 e. The molecule has 0 aliphatic rings. The fourth-order valence-electron chi connectivity index (χ4n) is 3.25. The summed E-state index contributed by atoms with van der Waals surface area (Å²) in [5, 5.41) is 3.75. The summed E-state index contributed by atoms with van der Waals surface area (Å²) < 4.78 is 5.25. The second-order valence-corrected chi connectivity index (χ2v) is 8.94. The number of carbonyl (C=O) groups is 1. The minimum absolute atomic E-state index is 0.133. The molecule has 1 amide bonds. The van der Waals surface area contributed by atoms with Gasteiger partial charge < -0.3 is 15.0 Å². The van der Waals surface area contributed by atoms with Gasteiger partial charge in [-0.15, -0.1) is 0 Å². The van der Waals surface area contributed by atoms with Crippen LogP contribution in [0.1, 0.15) is 12.5 Å². The summed E-state index contributed by atoms with van der Waals surface area (Å²) in [5.74, 6) is 0.678. The highest BCUT2D eigenvalue weighted by Gasteiger charge is 2.18. The topological polar surface area (TPSA) is 67.0 Å². The number of ether oxygens (including phenoxy) is 1. The van der Waals surface area contributed by atoms with Gasteiger partial charge in [-0.05, 0) is 55.3 Å². The van der Waals surface area contributed by atoms with Crippen molar-refractivity contribution in [3.63, 3.8) is 0 Å². The number of para-hydroxylation sites is 1. The Labute approximate surface area is 190 Å². The van der Waals surface area contributed by atoms with E-state index in [4.69, 9.17) is 16.3 Å². The molecular weight excluding hydrogens is 430 g/mol. The molecular formula is C24H22ClN3O2S. The molecule has 7 heteroatoms. The van der Waals surface area contributed by atoms with Crippen LogP contribution in [0.4, 0.5) is 5.69 Å². The summed E-state index contributed by atoms with van der Waals surface area (Å²) in [7, 11) is 1.65. The second-order valence-electron chi connectivity index (χ2n) is 7.20. The van der Waals surface area contributed by atoms with Crippen LogP contribution in [0.15, 0.2) is 65.8 Å². The molecule has 1 aromatic heterocycles. The van der Waals surface area contributed by atoms with Gasteiger partial charge in [0, 0.05) is 5.56 Å². The number of imidazole rings is 1. The van der Waals surface area contributed by atoms with E-state index < -0.39 is 0 Å². The number of thioether (sulfide) groups is 1. The van der Waals surface area contributed by atoms with E-state index >= 15 is 0 Å². The van der Waals surface area contributed by atoms with E-state index in [1.54, 1.807) is 7.11 Å². The van der Waals surface area contributed by atoms with Crippen LogP contribution < -0.4 is 10.1 Å². The van der Waals surface area contributed by atoms with E-state index in [1.165, 1.54) is 11.8 Å². The number of anilines is 1. The number of H-pyrrole nitrogens is 1. The van der Waals surface area contributed by atoms with Crippen LogP contribution in [0.3, 0.4) is 0 Å². The van der Waals surface area contributed by atoms with Gasteiger partial charge in [0.1, 0.15) is 5.75 Å². The molecule has 4 rings (SSSR count). The van der Waals surface area contributed by atoms with Gasteiger partial charge >= 0.3 is 0 Å². The van der Waals surface area contributed by atoms with Gasteiger partial charge in [0.25, 0.3) is 0 Å². The Morgan fingerprint density at radius 1 is 1.16 bits per heavy atom. The number of aromatic amines is 1. The summed E-state index contributed by atoms with van der Waals surface area (Å²) in [6, 6.07) is 19.4. The first-order valence-corrected chi connectivity index (χ1v) is 11.1. The number of aromatic nitrogens is 2. The highest BCUT2D eigenvalue weighted by molar-refractivity contribution is 8.00. The highest BCUT2D eigenvalue weighted by Crippen LogP contribution is 2.32. The van der Waals surface area contributed by atoms with Gasteiger partial charge in [0.2, 0.25) is 5.91 Å². The van der Waals surface area contributed by atoms with Crippen molar-refractivity contribution < 1.29 is 9.53 Å². The first-order chi connectivity index (χ1) is 14.9. The quantitative estimate of drug-likeness (QED) is 0.336. The van der Waals surface area contributed by atoms with Gasteiger partial charge in [0.15, 0.2) is 5.16 Å². The Balaban J connectivity index is 1.53. The van der Waals surface area contributed by atoms with Crippen molar-refractivity contribution in [1.82, 2.24) is 9.97 Å². The molecule has 31 heavy (non-hydrogen) atoms. The van der Waals surface area contributed by atoms with Crippen LogP contribution in [-0.4, -0.2) is 28.2 Å². The number of methoxy groups -OCH3 is 1. The summed E-state index contributed by atoms with van der Waals surface area (Å²) in [6.07, 6.45) is 0. The maximum absolute atomic E-state index is 12.7. The third-order valence-corrected chi connectivity index (χ3v) is 6.23. The molecule has 1 unspecified atom stereocenters. The van der Waals surface area contributed by atoms with Crippen molar-refractivity contribution >= 4 is 46.0 Å². The third kappa shape index (κ3) is 4.70. The number of amides is 1. The number of halogens is 1. The lowest BCUT2D eigenvalue weighted by atomic mass is 10.0. The van der Waals surface area contributed by atoms with Gasteiger partial charge in [-0.25, -0.2) is 4.98 Å². The predicted molar refractivity (Wildman–Crippen MR) is 128 cm³/mol. The van der Waals surface area contributed by atoms with Crippen molar-refractivity contribution in [2.45, 2.75) is 24.3 Å². The molecule has 0 saturated heterocycles. The maximum Gasteiger partial charge on any atom is 0.237 e. The average molecular weight is 452 g/mol. The van der Waals surface area contributed by atoms with Gasteiger partial charge in [-0.1, -0.05) is 53.7 Å². The van der Waals surface area contributed by atoms with E-state index in [0.29, 0.717) is 15.9 Å². The van der Waals surface area contributed by atoms with Crippen LogP contribution >= 0.6 is 23.4 Å². The zero-order valence-electron chi connectivity index (χ0n) is 17.4. The normalized spacial score (nSPS) is 12.0. The Morgan fingerprint density at radius 2 is 1.94 bits per heavy atom. The van der Waals surface area contributed by atoms with Gasteiger partial charge in [-0.2, -0.15) is 0 Å². The minimum Gasteiger partial charge on any atom is -0.497 e. The number of nitrogens with one attached hydrogen (secondary N) is 2. The predicted octanol–water partition coefficient (Wildman–Crippen LogP) is 6.32. The molecule has 1 atom stereocenters. The van der Waals surface area contributed by atoms with E-state index in [2.05, 4.69) is 15.3 Å². The Morgan fingerprint density at radius 3 is 2.65 bits per heavy atom. The van der Waals surface area contributed by atoms with Crippen molar-refractivity contribution in [3.05, 3.63) is 71.2 Å². The lowest BCUT2D eigenvalue weighted by Crippen LogP contribution is -2.22. The van der Waals surface area contributed by atoms with Crippen LogP contribution in [-0.2, 0) is 4.79 Å². The van der Waals surface area contributed by atoms with Gasteiger partial charge in [-0.3, -0.25) is 4.79 Å². The Kier molecular flexibility index (Phi) is 6.20. The molecule has 0 aliphatic carbocycles. The SMILES string of the molecule is COc1ccc(-c2cccc3nc(SC(C)C(=O)Nc4ccc(C)cc4Cl)[nH]c23)cc1. The van der Waals surface area contributed by atoms with Crippen molar-refractivity contribution in [1.29, 1.82) is 0 Å². The van der Waals surface area contributed by atoms with Crippen LogP contribution in [0.25, 0.3) is 22.2 Å². The van der Waals surface area contributed by atoms with E-state index in [-0.39, 0.29) is 11.2 Å². The Bertz CT molecular complexity index is 1240. The summed E-state index contributed by atoms with van der Waals surface area (Å²) in [5.41, 5.74) is 5.54. The van der Waals surface area contributed by atoms with E-state index in [0.717, 1.165) is 33.5 Å². The first kappa shape index (κ1) is 21.3. The maximum atomic E-state index is 12.7. The van der Waals surface area contributed by atoms with E-state index in [1.807, 2.05) is 74.5 Å². The lowest BCUT2D eigenvalue weighted by Gasteiger charge is -2.12. The fraction of sp³-hybridized carbons (Fsp3) is 0.167. The molecule has 0 radical (unpaired) electrons. The molecule has 0 fully saturated rings. The monoisotopic (exact) mass is 451 g/mol. The van der Waals surface area contributed by atoms with Crippen molar-refractivity contribution in [2.75, 3.05) is 12.4 Å². The molecule has 0 aliphatic heterocycles. The summed E-state index contributed by atoms with van der Waals surface area (Å²) >= 11 is 7.61. The highest BCUT2D eigenvalue weighted by atomic mass is 35.5. The Hall–Kier alpha value is -2.96. The van der Waals surface area contributed by atoms with Crippen molar-refractivity contribution in [3.8, 4) is 16.9 Å². The number of nitrogens with zero attached hydrogens (tertiary/aromatic N) is 1. The second kappa shape index (κ2) is 9.04. The first-order valence-electron chi connectivity index (χ1n) is 9.81. The van der Waals surface area contributed by atoms with Crippen molar-refractivity contribution in [2.24, 2.45) is 0 Å². The number of hydrogen-bond donors (Lipinski definition) is 2. The molecule has 1 heterocycles. The summed E-state index contributed by atoms with van der Waals surface area (Å²) in [4.78, 5) is 20.7. The molecule has 0 bridgehead atoms. The number of rotatable bonds is 6. The molecule has 0 spiro atoms. The average Bonchev–Trinajstić information content (AvgIpc) is 3.18. The number of benzene rings is 3. The molecule has 2 N–H and O–H groups in total. The molecule has 5 nitrogen and oxygen atoms in total. The molecule has 3 aromatic carbocycles. The van der Waals surface area contributed by atoms with Gasteiger partial charge in [0.05, 0.1) is 34.1 Å². The third-order valence-electron chi connectivity index (χ3n) is 4.94. The number of carbonyl (C=O) groups excluding carboxylic acids is 1. The lowest BCUT2D eigenvalue weighted by molar-refractivity contribution is -0.115. The molecule has 4 aromatic rings. The van der Waals surface area contributed by atoms with E-state index in [9.17, 15) is 4.79 Å². The number of hydrogen-bond acceptors (Lipinski definition) is 4. The van der Waals surface area contributed by atoms with Crippen LogP contribution in [0.2, 0.25) is 5.02 Å². The molecule has 158 valence electrons. The van der Waals surface area contributed by atoms with Crippen LogP contribution in [0, 0.1) is 6.92 Å². The number of aryl methyl sites for hydroxylation is 1. The standard InChI is InChI=1S/C24H22ClN3O2S/c1-14-7-12-20(19(25)13-14)26-23(29)15(2)31-24-27-21-6-4-5-18(22(21)28-24)16-8-10-17(30-3)11-9-16/h4-13,15H,1-3H3,(H,26,29)(H,27,28). The largest absolute Gasteiger partial charge is 0.497 e. The van der Waals surface area contributed by atoms with Crippen LogP contribution in [0.5, 0.6) is 5.75 Å². The zero-order chi connectivity index (χ0) is 22.0. The minimum atomic E-state index is -0.359. The zero-order valence-corrected chi connectivity index (χ0v) is 19.0.